The van der Waals surface area contributed by atoms with E-state index in [0.29, 0.717) is 33.4 Å². The number of hydrogen-bond donors (Lipinski definition) is 0. The van der Waals surface area contributed by atoms with Crippen molar-refractivity contribution in [2.75, 3.05) is 0 Å². The van der Waals surface area contributed by atoms with Gasteiger partial charge in [-0.15, -0.1) is 0 Å². The van der Waals surface area contributed by atoms with Crippen molar-refractivity contribution in [1.82, 2.24) is 15.1 Å². The molecule has 0 atom stereocenters. The average Bonchev–Trinajstić information content (AvgIpc) is 3.02. The van der Waals surface area contributed by atoms with Gasteiger partial charge in [0, 0.05) is 18.0 Å². The van der Waals surface area contributed by atoms with Crippen LogP contribution in [0.3, 0.4) is 0 Å². The third kappa shape index (κ3) is 3.56. The van der Waals surface area contributed by atoms with E-state index in [4.69, 9.17) is 21.0 Å². The molecule has 7 nitrogen and oxygen atoms in total. The standard InChI is InChI=1S/C17H13ClN4O3/c1-10(14-9-19-7-8-20-14)21-25-17(23)15-11(2)24-22-16(15)12-5-3-4-6-13(12)18/h3-9H,1-2H3. The second-order valence-electron chi connectivity index (χ2n) is 5.09. The smallest absolute Gasteiger partial charge is 0.360 e. The van der Waals surface area contributed by atoms with Gasteiger partial charge >= 0.3 is 5.97 Å². The topological polar surface area (TPSA) is 90.5 Å². The molecular weight excluding hydrogens is 344 g/mol. The first-order chi connectivity index (χ1) is 12.1. The molecule has 0 aliphatic rings. The molecular formula is C17H13ClN4O3. The minimum absolute atomic E-state index is 0.170. The lowest BCUT2D eigenvalue weighted by atomic mass is 10.1. The molecule has 0 radical (unpaired) electrons. The lowest BCUT2D eigenvalue weighted by Gasteiger charge is -2.03. The van der Waals surface area contributed by atoms with Gasteiger partial charge in [-0.1, -0.05) is 40.1 Å². The fraction of sp³-hybridized carbons (Fsp3) is 0.118. The first kappa shape index (κ1) is 16.8. The minimum Gasteiger partial charge on any atom is -0.360 e. The molecule has 3 rings (SSSR count). The maximum absolute atomic E-state index is 12.5. The number of nitrogens with zero attached hydrogens (tertiary/aromatic N) is 4. The van der Waals surface area contributed by atoms with Gasteiger partial charge in [0.15, 0.2) is 0 Å². The molecule has 0 spiro atoms. The maximum atomic E-state index is 12.5. The quantitative estimate of drug-likeness (QED) is 0.402. The van der Waals surface area contributed by atoms with Gasteiger partial charge in [-0.05, 0) is 19.9 Å². The highest BCUT2D eigenvalue weighted by Gasteiger charge is 2.24. The third-order valence-electron chi connectivity index (χ3n) is 3.40. The van der Waals surface area contributed by atoms with Gasteiger partial charge in [-0.2, -0.15) is 0 Å². The number of rotatable bonds is 4. The van der Waals surface area contributed by atoms with E-state index >= 15 is 0 Å². The van der Waals surface area contributed by atoms with Crippen molar-refractivity contribution in [3.05, 3.63) is 64.9 Å². The summed E-state index contributed by atoms with van der Waals surface area (Å²) in [7, 11) is 0. The number of carbonyl (C=O) groups is 1. The predicted octanol–water partition coefficient (Wildman–Crippen LogP) is 3.67. The molecule has 0 aliphatic heterocycles. The highest BCUT2D eigenvalue weighted by Crippen LogP contribution is 2.31. The molecule has 8 heteroatoms. The normalized spacial score (nSPS) is 11.4. The van der Waals surface area contributed by atoms with Crippen LogP contribution in [0.5, 0.6) is 0 Å². The Balaban J connectivity index is 1.89. The van der Waals surface area contributed by atoms with Crippen molar-refractivity contribution >= 4 is 23.3 Å². The number of halogens is 1. The van der Waals surface area contributed by atoms with Crippen LogP contribution in [0.2, 0.25) is 5.02 Å². The van der Waals surface area contributed by atoms with Crippen molar-refractivity contribution in [3.8, 4) is 11.3 Å². The molecule has 0 N–H and O–H groups in total. The fourth-order valence-electron chi connectivity index (χ4n) is 2.14. The van der Waals surface area contributed by atoms with Gasteiger partial charge in [-0.25, -0.2) is 4.79 Å². The van der Waals surface area contributed by atoms with Crippen LogP contribution in [0.1, 0.15) is 28.7 Å². The molecule has 25 heavy (non-hydrogen) atoms. The summed E-state index contributed by atoms with van der Waals surface area (Å²) >= 11 is 6.18. The van der Waals surface area contributed by atoms with Gasteiger partial charge in [0.1, 0.15) is 28.4 Å². The summed E-state index contributed by atoms with van der Waals surface area (Å²) in [5, 5.41) is 8.18. The van der Waals surface area contributed by atoms with E-state index in [1.165, 1.54) is 12.4 Å². The molecule has 2 aromatic heterocycles. The van der Waals surface area contributed by atoms with Crippen molar-refractivity contribution in [2.24, 2.45) is 5.16 Å². The number of benzene rings is 1. The molecule has 0 unspecified atom stereocenters. The molecule has 126 valence electrons. The number of aryl methyl sites for hydroxylation is 1. The van der Waals surface area contributed by atoms with Crippen molar-refractivity contribution in [1.29, 1.82) is 0 Å². The summed E-state index contributed by atoms with van der Waals surface area (Å²) in [6.07, 6.45) is 4.58. The highest BCUT2D eigenvalue weighted by molar-refractivity contribution is 6.33. The Morgan fingerprint density at radius 2 is 2.08 bits per heavy atom. The molecule has 0 amide bonds. The predicted molar refractivity (Wildman–Crippen MR) is 91.3 cm³/mol. The second-order valence-corrected chi connectivity index (χ2v) is 5.50. The largest absolute Gasteiger partial charge is 0.371 e. The van der Waals surface area contributed by atoms with Crippen LogP contribution in [-0.4, -0.2) is 26.8 Å². The van der Waals surface area contributed by atoms with E-state index in [9.17, 15) is 4.79 Å². The highest BCUT2D eigenvalue weighted by atomic mass is 35.5. The molecule has 2 heterocycles. The molecule has 0 saturated carbocycles. The number of hydrogen-bond acceptors (Lipinski definition) is 7. The molecule has 0 aliphatic carbocycles. The van der Waals surface area contributed by atoms with E-state index in [1.54, 1.807) is 44.3 Å². The SMILES string of the molecule is CC(=NOC(=O)c1c(-c2ccccc2Cl)noc1C)c1cnccn1. The van der Waals surface area contributed by atoms with Crippen LogP contribution >= 0.6 is 11.6 Å². The zero-order valence-corrected chi connectivity index (χ0v) is 14.2. The van der Waals surface area contributed by atoms with Gasteiger partial charge in [0.2, 0.25) is 0 Å². The lowest BCUT2D eigenvalue weighted by molar-refractivity contribution is 0.0515. The first-order valence-electron chi connectivity index (χ1n) is 7.31. The first-order valence-corrected chi connectivity index (χ1v) is 7.69. The molecule has 0 bridgehead atoms. The summed E-state index contributed by atoms with van der Waals surface area (Å²) in [6, 6.07) is 7.01. The van der Waals surface area contributed by atoms with Crippen LogP contribution in [0, 0.1) is 6.92 Å². The fourth-order valence-corrected chi connectivity index (χ4v) is 2.36. The number of oxime groups is 1. The molecule has 3 aromatic rings. The van der Waals surface area contributed by atoms with Crippen LogP contribution in [0.15, 0.2) is 52.5 Å². The van der Waals surface area contributed by atoms with Crippen molar-refractivity contribution in [3.63, 3.8) is 0 Å². The van der Waals surface area contributed by atoms with Crippen LogP contribution in [-0.2, 0) is 4.84 Å². The van der Waals surface area contributed by atoms with E-state index in [1.807, 2.05) is 0 Å². The Kier molecular flexibility index (Phi) is 4.85. The molecule has 0 fully saturated rings. The average molecular weight is 357 g/mol. The Hall–Kier alpha value is -3.06. The van der Waals surface area contributed by atoms with Gasteiger partial charge < -0.3 is 9.36 Å². The Bertz CT molecular complexity index is 938. The van der Waals surface area contributed by atoms with Gasteiger partial charge in [-0.3, -0.25) is 9.97 Å². The summed E-state index contributed by atoms with van der Waals surface area (Å²) in [5.74, 6) is -0.385. The lowest BCUT2D eigenvalue weighted by Crippen LogP contribution is -2.07. The Labute approximate surface area is 148 Å². The van der Waals surface area contributed by atoms with Gasteiger partial charge in [0.25, 0.3) is 0 Å². The summed E-state index contributed by atoms with van der Waals surface area (Å²) < 4.78 is 5.14. The van der Waals surface area contributed by atoms with Crippen LogP contribution < -0.4 is 0 Å². The number of aromatic nitrogens is 3. The minimum atomic E-state index is -0.697. The van der Waals surface area contributed by atoms with E-state index in [2.05, 4.69) is 20.3 Å². The number of carbonyl (C=O) groups excluding carboxylic acids is 1. The monoisotopic (exact) mass is 356 g/mol. The van der Waals surface area contributed by atoms with Crippen molar-refractivity contribution < 1.29 is 14.2 Å². The summed E-state index contributed by atoms with van der Waals surface area (Å²) in [5.41, 5.74) is 1.96. The zero-order chi connectivity index (χ0) is 17.8. The van der Waals surface area contributed by atoms with E-state index in [0.717, 1.165) is 0 Å². The van der Waals surface area contributed by atoms with E-state index in [-0.39, 0.29) is 5.56 Å². The summed E-state index contributed by atoms with van der Waals surface area (Å²) in [4.78, 5) is 25.5. The molecule has 0 saturated heterocycles. The van der Waals surface area contributed by atoms with E-state index < -0.39 is 5.97 Å². The van der Waals surface area contributed by atoms with Crippen molar-refractivity contribution in [2.45, 2.75) is 13.8 Å². The third-order valence-corrected chi connectivity index (χ3v) is 3.72. The molecule has 1 aromatic carbocycles. The Morgan fingerprint density at radius 3 is 2.80 bits per heavy atom. The Morgan fingerprint density at radius 1 is 1.28 bits per heavy atom. The maximum Gasteiger partial charge on any atom is 0.371 e. The zero-order valence-electron chi connectivity index (χ0n) is 13.4. The van der Waals surface area contributed by atoms with Gasteiger partial charge in [0.05, 0.1) is 11.2 Å². The summed E-state index contributed by atoms with van der Waals surface area (Å²) in [6.45, 7) is 3.27. The van der Waals surface area contributed by atoms with Crippen LogP contribution in [0.25, 0.3) is 11.3 Å². The van der Waals surface area contributed by atoms with Crippen LogP contribution in [0.4, 0.5) is 0 Å². The second kappa shape index (κ2) is 7.23.